The van der Waals surface area contributed by atoms with Crippen LogP contribution in [0, 0.1) is 18.8 Å². The van der Waals surface area contributed by atoms with E-state index in [1.54, 1.807) is 0 Å². The number of rotatable bonds is 2. The van der Waals surface area contributed by atoms with E-state index in [-0.39, 0.29) is 0 Å². The van der Waals surface area contributed by atoms with Crippen molar-refractivity contribution in [3.63, 3.8) is 0 Å². The molecule has 1 aromatic heterocycles. The second-order valence-electron chi connectivity index (χ2n) is 2.72. The monoisotopic (exact) mass is 162 g/mol. The minimum atomic E-state index is 0.904. The molecule has 1 rings (SSSR count). The zero-order valence-electron chi connectivity index (χ0n) is 7.68. The Kier molecular flexibility index (Phi) is 3.47. The fourth-order valence-electron chi connectivity index (χ4n) is 1.02. The van der Waals surface area contributed by atoms with E-state index in [1.807, 2.05) is 19.1 Å². The molecule has 0 amide bonds. The van der Waals surface area contributed by atoms with Crippen molar-refractivity contribution >= 4 is 0 Å². The molecule has 0 unspecified atom stereocenters. The van der Waals surface area contributed by atoms with Crippen LogP contribution >= 0.6 is 0 Å². The third kappa shape index (κ3) is 2.84. The fraction of sp³-hybridized carbons (Fsp3) is 0.455. The molecule has 0 aliphatic carbocycles. The summed E-state index contributed by atoms with van der Waals surface area (Å²) in [6.45, 7) is 4.02. The van der Waals surface area contributed by atoms with Crippen LogP contribution in [0.15, 0.2) is 16.5 Å². The van der Waals surface area contributed by atoms with Gasteiger partial charge in [0.2, 0.25) is 0 Å². The number of aryl methyl sites for hydroxylation is 2. The topological polar surface area (TPSA) is 13.1 Å². The van der Waals surface area contributed by atoms with Gasteiger partial charge >= 0.3 is 0 Å². The van der Waals surface area contributed by atoms with Crippen LogP contribution in [-0.4, -0.2) is 0 Å². The normalized spacial score (nSPS) is 9.17. The second kappa shape index (κ2) is 4.66. The minimum Gasteiger partial charge on any atom is -0.466 e. The van der Waals surface area contributed by atoms with Gasteiger partial charge in [0, 0.05) is 19.3 Å². The van der Waals surface area contributed by atoms with Crippen molar-refractivity contribution in [3.05, 3.63) is 23.7 Å². The third-order valence-electron chi connectivity index (χ3n) is 1.59. The summed E-state index contributed by atoms with van der Waals surface area (Å²) in [6.07, 6.45) is 2.78. The molecule has 1 heterocycles. The molecule has 0 bridgehead atoms. The minimum absolute atomic E-state index is 0.904. The summed E-state index contributed by atoms with van der Waals surface area (Å²) in [5.41, 5.74) is 0. The number of hydrogen-bond acceptors (Lipinski definition) is 1. The van der Waals surface area contributed by atoms with E-state index in [4.69, 9.17) is 4.42 Å². The fourth-order valence-corrected chi connectivity index (χ4v) is 1.02. The Morgan fingerprint density at radius 2 is 2.17 bits per heavy atom. The lowest BCUT2D eigenvalue weighted by molar-refractivity contribution is 0.484. The van der Waals surface area contributed by atoms with E-state index in [1.165, 1.54) is 0 Å². The molecule has 64 valence electrons. The Morgan fingerprint density at radius 3 is 2.75 bits per heavy atom. The van der Waals surface area contributed by atoms with E-state index in [0.29, 0.717) is 0 Å². The van der Waals surface area contributed by atoms with Gasteiger partial charge in [-0.3, -0.25) is 0 Å². The van der Waals surface area contributed by atoms with Crippen molar-refractivity contribution < 1.29 is 4.42 Å². The molecule has 0 saturated carbocycles. The van der Waals surface area contributed by atoms with Crippen LogP contribution in [0.1, 0.15) is 31.3 Å². The van der Waals surface area contributed by atoms with E-state index < -0.39 is 0 Å². The van der Waals surface area contributed by atoms with E-state index >= 15 is 0 Å². The molecule has 0 aromatic carbocycles. The molecule has 0 atom stereocenters. The summed E-state index contributed by atoms with van der Waals surface area (Å²) in [4.78, 5) is 0. The molecule has 0 radical (unpaired) electrons. The molecular weight excluding hydrogens is 148 g/mol. The molecule has 0 spiro atoms. The lowest BCUT2D eigenvalue weighted by Crippen LogP contribution is -1.77. The lowest BCUT2D eigenvalue weighted by Gasteiger charge is -1.88. The van der Waals surface area contributed by atoms with E-state index in [0.717, 1.165) is 30.8 Å². The van der Waals surface area contributed by atoms with Crippen LogP contribution in [0.2, 0.25) is 0 Å². The highest BCUT2D eigenvalue weighted by molar-refractivity contribution is 5.08. The SMILES string of the molecule is CCC#CCCc1ccc(C)o1. The van der Waals surface area contributed by atoms with Gasteiger partial charge in [0.1, 0.15) is 11.5 Å². The summed E-state index contributed by atoms with van der Waals surface area (Å²) in [5.74, 6) is 8.14. The number of furan rings is 1. The molecule has 1 heteroatoms. The van der Waals surface area contributed by atoms with Gasteiger partial charge in [0.15, 0.2) is 0 Å². The average molecular weight is 162 g/mol. The summed E-state index contributed by atoms with van der Waals surface area (Å²) in [6, 6.07) is 4.01. The predicted octanol–water partition coefficient (Wildman–Crippen LogP) is 2.93. The van der Waals surface area contributed by atoms with E-state index in [2.05, 4.69) is 18.8 Å². The van der Waals surface area contributed by atoms with Crippen LogP contribution in [0.5, 0.6) is 0 Å². The van der Waals surface area contributed by atoms with Crippen molar-refractivity contribution in [1.29, 1.82) is 0 Å². The van der Waals surface area contributed by atoms with Crippen LogP contribution in [-0.2, 0) is 6.42 Å². The molecule has 0 N–H and O–H groups in total. The van der Waals surface area contributed by atoms with Crippen LogP contribution < -0.4 is 0 Å². The van der Waals surface area contributed by atoms with Crippen molar-refractivity contribution in [3.8, 4) is 11.8 Å². The lowest BCUT2D eigenvalue weighted by atomic mass is 10.2. The zero-order valence-corrected chi connectivity index (χ0v) is 7.68. The first-order valence-corrected chi connectivity index (χ1v) is 4.34. The smallest absolute Gasteiger partial charge is 0.105 e. The van der Waals surface area contributed by atoms with Gasteiger partial charge in [-0.05, 0) is 19.1 Å². The first-order valence-electron chi connectivity index (χ1n) is 4.34. The van der Waals surface area contributed by atoms with Gasteiger partial charge in [-0.1, -0.05) is 6.92 Å². The van der Waals surface area contributed by atoms with Crippen molar-refractivity contribution in [2.24, 2.45) is 0 Å². The second-order valence-corrected chi connectivity index (χ2v) is 2.72. The Labute approximate surface area is 73.8 Å². The van der Waals surface area contributed by atoms with Crippen molar-refractivity contribution in [2.75, 3.05) is 0 Å². The third-order valence-corrected chi connectivity index (χ3v) is 1.59. The molecule has 0 saturated heterocycles. The van der Waals surface area contributed by atoms with Gasteiger partial charge in [-0.2, -0.15) is 0 Å². The molecule has 12 heavy (non-hydrogen) atoms. The van der Waals surface area contributed by atoms with Gasteiger partial charge in [-0.15, -0.1) is 11.8 Å². The molecular formula is C11H14O. The predicted molar refractivity (Wildman–Crippen MR) is 49.8 cm³/mol. The zero-order chi connectivity index (χ0) is 8.81. The molecule has 0 aliphatic rings. The Bertz CT molecular complexity index is 285. The quantitative estimate of drug-likeness (QED) is 0.609. The van der Waals surface area contributed by atoms with Crippen LogP contribution in [0.3, 0.4) is 0 Å². The van der Waals surface area contributed by atoms with Crippen molar-refractivity contribution in [2.45, 2.75) is 33.1 Å². The summed E-state index contributed by atoms with van der Waals surface area (Å²) in [7, 11) is 0. The molecule has 0 fully saturated rings. The van der Waals surface area contributed by atoms with Crippen LogP contribution in [0.25, 0.3) is 0 Å². The Hall–Kier alpha value is -1.16. The summed E-state index contributed by atoms with van der Waals surface area (Å²) in [5, 5.41) is 0. The molecule has 1 nitrogen and oxygen atoms in total. The highest BCUT2D eigenvalue weighted by Gasteiger charge is 1.95. The van der Waals surface area contributed by atoms with Gasteiger partial charge in [-0.25, -0.2) is 0 Å². The van der Waals surface area contributed by atoms with Crippen molar-refractivity contribution in [1.82, 2.24) is 0 Å². The van der Waals surface area contributed by atoms with Crippen LogP contribution in [0.4, 0.5) is 0 Å². The molecule has 0 aliphatic heterocycles. The number of hydrogen-bond donors (Lipinski definition) is 0. The van der Waals surface area contributed by atoms with E-state index in [9.17, 15) is 0 Å². The first kappa shape index (κ1) is 8.93. The van der Waals surface area contributed by atoms with Gasteiger partial charge in [0.05, 0.1) is 0 Å². The summed E-state index contributed by atoms with van der Waals surface area (Å²) >= 11 is 0. The highest BCUT2D eigenvalue weighted by atomic mass is 16.3. The highest BCUT2D eigenvalue weighted by Crippen LogP contribution is 2.07. The van der Waals surface area contributed by atoms with Gasteiger partial charge in [0.25, 0.3) is 0 Å². The Balaban J connectivity index is 2.33. The largest absolute Gasteiger partial charge is 0.466 e. The standard InChI is InChI=1S/C11H14O/c1-3-4-5-6-7-11-9-8-10(2)12-11/h8-9H,3,6-7H2,1-2H3. The summed E-state index contributed by atoms with van der Waals surface area (Å²) < 4.78 is 5.40. The first-order chi connectivity index (χ1) is 5.83. The maximum Gasteiger partial charge on any atom is 0.105 e. The maximum absolute atomic E-state index is 5.40. The maximum atomic E-state index is 5.40. The Morgan fingerprint density at radius 1 is 1.33 bits per heavy atom. The van der Waals surface area contributed by atoms with Gasteiger partial charge < -0.3 is 4.42 Å². The molecule has 1 aromatic rings. The average Bonchev–Trinajstić information content (AvgIpc) is 2.45.